The molecule has 0 aliphatic rings. The summed E-state index contributed by atoms with van der Waals surface area (Å²) in [7, 11) is 0. The summed E-state index contributed by atoms with van der Waals surface area (Å²) in [5, 5.41) is 21.7. The van der Waals surface area contributed by atoms with Gasteiger partial charge in [0.05, 0.1) is 17.0 Å². The number of benzene rings is 1. The number of carboxylic acid groups (broad SMARTS) is 1. The van der Waals surface area contributed by atoms with Gasteiger partial charge in [0, 0.05) is 29.5 Å². The molecular formula is C12H10N2O4S. The van der Waals surface area contributed by atoms with E-state index in [0.717, 1.165) is 16.3 Å². The Balaban J connectivity index is 2.13. The molecule has 0 radical (unpaired) electrons. The molecule has 1 aromatic carbocycles. The molecule has 0 atom stereocenters. The van der Waals surface area contributed by atoms with Crippen molar-refractivity contribution >= 4 is 23.0 Å². The molecule has 0 fully saturated rings. The van der Waals surface area contributed by atoms with E-state index in [-0.39, 0.29) is 12.1 Å². The van der Waals surface area contributed by atoms with E-state index >= 15 is 0 Å². The van der Waals surface area contributed by atoms with Crippen molar-refractivity contribution in [2.45, 2.75) is 12.8 Å². The van der Waals surface area contributed by atoms with Crippen molar-refractivity contribution in [2.24, 2.45) is 0 Å². The molecular weight excluding hydrogens is 268 g/mol. The first-order valence-corrected chi connectivity index (χ1v) is 6.35. The van der Waals surface area contributed by atoms with Gasteiger partial charge >= 0.3 is 5.97 Å². The molecule has 0 saturated carbocycles. The summed E-state index contributed by atoms with van der Waals surface area (Å²) in [5.41, 5.74) is 1.55. The zero-order valence-electron chi connectivity index (χ0n) is 9.78. The third-order valence-electron chi connectivity index (χ3n) is 2.47. The topological polar surface area (TPSA) is 93.3 Å². The van der Waals surface area contributed by atoms with E-state index in [1.54, 1.807) is 17.5 Å². The number of hydrogen-bond acceptors (Lipinski definition) is 5. The van der Waals surface area contributed by atoms with Gasteiger partial charge in [0.15, 0.2) is 0 Å². The molecule has 1 N–H and O–H groups in total. The average molecular weight is 278 g/mol. The van der Waals surface area contributed by atoms with E-state index in [0.29, 0.717) is 6.42 Å². The lowest BCUT2D eigenvalue weighted by molar-refractivity contribution is -0.384. The third-order valence-corrected chi connectivity index (χ3v) is 3.41. The second kappa shape index (κ2) is 5.57. The van der Waals surface area contributed by atoms with Crippen LogP contribution in [0.25, 0.3) is 10.6 Å². The number of carboxylic acids is 1. The number of non-ortho nitro benzene ring substituents is 1. The van der Waals surface area contributed by atoms with Gasteiger partial charge in [0.25, 0.3) is 5.69 Å². The first-order chi connectivity index (χ1) is 9.06. The van der Waals surface area contributed by atoms with Crippen molar-refractivity contribution in [3.8, 4) is 10.6 Å². The van der Waals surface area contributed by atoms with E-state index in [4.69, 9.17) is 5.11 Å². The van der Waals surface area contributed by atoms with Gasteiger partial charge in [0.1, 0.15) is 5.01 Å². The minimum absolute atomic E-state index is 0.0337. The predicted molar refractivity (Wildman–Crippen MR) is 70.2 cm³/mol. The maximum absolute atomic E-state index is 10.5. The molecule has 19 heavy (non-hydrogen) atoms. The van der Waals surface area contributed by atoms with Crippen LogP contribution in [0.1, 0.15) is 12.1 Å². The highest BCUT2D eigenvalue weighted by Crippen LogP contribution is 2.26. The highest BCUT2D eigenvalue weighted by molar-refractivity contribution is 7.13. The third kappa shape index (κ3) is 3.35. The Morgan fingerprint density at radius 1 is 1.37 bits per heavy atom. The molecule has 0 spiro atoms. The van der Waals surface area contributed by atoms with Crippen LogP contribution in [0.5, 0.6) is 0 Å². The SMILES string of the molecule is O=C(O)CCc1csc(-c2ccc([N+](=O)[O-])cc2)n1. The molecule has 7 heteroatoms. The van der Waals surface area contributed by atoms with Gasteiger partial charge in [0.2, 0.25) is 0 Å². The van der Waals surface area contributed by atoms with E-state index in [2.05, 4.69) is 4.98 Å². The van der Waals surface area contributed by atoms with Crippen molar-refractivity contribution in [3.63, 3.8) is 0 Å². The highest BCUT2D eigenvalue weighted by atomic mass is 32.1. The van der Waals surface area contributed by atoms with Gasteiger partial charge in [-0.15, -0.1) is 11.3 Å². The van der Waals surface area contributed by atoms with Crippen molar-refractivity contribution in [2.75, 3.05) is 0 Å². The normalized spacial score (nSPS) is 10.3. The first kappa shape index (κ1) is 13.2. The lowest BCUT2D eigenvalue weighted by Gasteiger charge is -1.96. The highest BCUT2D eigenvalue weighted by Gasteiger charge is 2.09. The molecule has 0 aliphatic carbocycles. The molecule has 0 aliphatic heterocycles. The summed E-state index contributed by atoms with van der Waals surface area (Å²) in [6.07, 6.45) is 0.433. The number of rotatable bonds is 5. The second-order valence-corrected chi connectivity index (χ2v) is 4.70. The molecule has 2 rings (SSSR count). The lowest BCUT2D eigenvalue weighted by Crippen LogP contribution is -1.97. The summed E-state index contributed by atoms with van der Waals surface area (Å²) >= 11 is 1.39. The maximum Gasteiger partial charge on any atom is 0.303 e. The smallest absolute Gasteiger partial charge is 0.303 e. The monoisotopic (exact) mass is 278 g/mol. The Kier molecular flexibility index (Phi) is 3.86. The summed E-state index contributed by atoms with van der Waals surface area (Å²) in [5.74, 6) is -0.857. The Labute approximate surface area is 112 Å². The zero-order valence-corrected chi connectivity index (χ0v) is 10.6. The molecule has 2 aromatic rings. The van der Waals surface area contributed by atoms with Gasteiger partial charge in [-0.3, -0.25) is 14.9 Å². The van der Waals surface area contributed by atoms with Crippen LogP contribution in [0.4, 0.5) is 5.69 Å². The van der Waals surface area contributed by atoms with Crippen molar-refractivity contribution in [1.82, 2.24) is 4.98 Å². The summed E-state index contributed by atoms with van der Waals surface area (Å²) in [6.45, 7) is 0. The molecule has 6 nitrogen and oxygen atoms in total. The number of nitro benzene ring substituents is 1. The fraction of sp³-hybridized carbons (Fsp3) is 0.167. The van der Waals surface area contributed by atoms with E-state index in [1.165, 1.54) is 23.5 Å². The van der Waals surface area contributed by atoms with Crippen LogP contribution in [-0.4, -0.2) is 21.0 Å². The number of nitrogens with zero attached hydrogens (tertiary/aromatic N) is 2. The lowest BCUT2D eigenvalue weighted by atomic mass is 10.2. The van der Waals surface area contributed by atoms with Crippen molar-refractivity contribution < 1.29 is 14.8 Å². The fourth-order valence-electron chi connectivity index (χ4n) is 1.52. The van der Waals surface area contributed by atoms with Crippen LogP contribution in [0.3, 0.4) is 0 Å². The van der Waals surface area contributed by atoms with E-state index in [9.17, 15) is 14.9 Å². The Hall–Kier alpha value is -2.28. The Morgan fingerprint density at radius 3 is 2.63 bits per heavy atom. The summed E-state index contributed by atoms with van der Waals surface area (Å²) in [6, 6.07) is 6.12. The number of aliphatic carboxylic acids is 1. The Morgan fingerprint density at radius 2 is 2.05 bits per heavy atom. The van der Waals surface area contributed by atoms with Crippen LogP contribution < -0.4 is 0 Å². The van der Waals surface area contributed by atoms with Crippen LogP contribution in [-0.2, 0) is 11.2 Å². The number of carbonyl (C=O) groups is 1. The number of nitro groups is 1. The van der Waals surface area contributed by atoms with Gasteiger partial charge in [-0.1, -0.05) is 0 Å². The van der Waals surface area contributed by atoms with Gasteiger partial charge in [-0.05, 0) is 12.1 Å². The summed E-state index contributed by atoms with van der Waals surface area (Å²) in [4.78, 5) is 24.9. The molecule has 0 bridgehead atoms. The van der Waals surface area contributed by atoms with E-state index in [1.807, 2.05) is 0 Å². The molecule has 0 amide bonds. The van der Waals surface area contributed by atoms with Crippen LogP contribution in [0.2, 0.25) is 0 Å². The van der Waals surface area contributed by atoms with Crippen molar-refractivity contribution in [3.05, 3.63) is 45.5 Å². The molecule has 0 saturated heterocycles. The quantitative estimate of drug-likeness (QED) is 0.670. The van der Waals surface area contributed by atoms with Gasteiger partial charge in [-0.2, -0.15) is 0 Å². The van der Waals surface area contributed by atoms with E-state index < -0.39 is 10.9 Å². The number of hydrogen-bond donors (Lipinski definition) is 1. The van der Waals surface area contributed by atoms with Crippen LogP contribution >= 0.6 is 11.3 Å². The van der Waals surface area contributed by atoms with Crippen molar-refractivity contribution in [1.29, 1.82) is 0 Å². The number of aromatic nitrogens is 1. The standard InChI is InChI=1S/C12H10N2O4S/c15-11(16)6-3-9-7-19-12(13-9)8-1-4-10(5-2-8)14(17)18/h1-2,4-5,7H,3,6H2,(H,15,16). The molecule has 0 unspecified atom stereocenters. The summed E-state index contributed by atoms with van der Waals surface area (Å²) < 4.78 is 0. The molecule has 98 valence electrons. The minimum Gasteiger partial charge on any atom is -0.481 e. The number of thiazole rings is 1. The van der Waals surface area contributed by atoms with Crippen LogP contribution in [0.15, 0.2) is 29.6 Å². The first-order valence-electron chi connectivity index (χ1n) is 5.47. The molecule has 1 heterocycles. The number of aryl methyl sites for hydroxylation is 1. The maximum atomic E-state index is 10.5. The van der Waals surface area contributed by atoms with Gasteiger partial charge in [-0.25, -0.2) is 4.98 Å². The fourth-order valence-corrected chi connectivity index (χ4v) is 2.38. The largest absolute Gasteiger partial charge is 0.481 e. The average Bonchev–Trinajstić information content (AvgIpc) is 2.85. The second-order valence-electron chi connectivity index (χ2n) is 3.84. The zero-order chi connectivity index (χ0) is 13.8. The predicted octanol–water partition coefficient (Wildman–Crippen LogP) is 2.74. The Bertz CT molecular complexity index is 606. The van der Waals surface area contributed by atoms with Gasteiger partial charge < -0.3 is 5.11 Å². The van der Waals surface area contributed by atoms with Crippen LogP contribution in [0, 0.1) is 10.1 Å². The minimum atomic E-state index is -0.857. The molecule has 1 aromatic heterocycles.